The van der Waals surface area contributed by atoms with Crippen LogP contribution in [-0.4, -0.2) is 69.6 Å². The number of hydrogen-bond donors (Lipinski definition) is 0. The summed E-state index contributed by atoms with van der Waals surface area (Å²) in [5.74, 6) is 0. The second-order valence-corrected chi connectivity index (χ2v) is 9.47. The zero-order chi connectivity index (χ0) is 23.6. The molecule has 0 fully saturated rings. The van der Waals surface area contributed by atoms with Crippen molar-refractivity contribution in [3.63, 3.8) is 0 Å². The smallest absolute Gasteiger partial charge is 0.428 e. The van der Waals surface area contributed by atoms with Crippen molar-refractivity contribution in [1.29, 1.82) is 0 Å². The second-order valence-electron chi connectivity index (χ2n) is 9.47. The van der Waals surface area contributed by atoms with E-state index in [0.717, 1.165) is 33.2 Å². The molecule has 0 aromatic heterocycles. The lowest BCUT2D eigenvalue weighted by atomic mass is 10.1. The monoisotopic (exact) mass is 438 g/mol. The molecule has 5 heteroatoms. The van der Waals surface area contributed by atoms with Crippen molar-refractivity contribution >= 4 is 18.3 Å². The van der Waals surface area contributed by atoms with Gasteiger partial charge in [-0.25, -0.2) is 4.79 Å². The average Bonchev–Trinajstić information content (AvgIpc) is 2.74. The molecule has 0 amide bonds. The van der Waals surface area contributed by atoms with Crippen LogP contribution in [0.3, 0.4) is 0 Å². The summed E-state index contributed by atoms with van der Waals surface area (Å²) in [6.45, 7) is 11.3. The van der Waals surface area contributed by atoms with Gasteiger partial charge < -0.3 is 18.4 Å². The molecule has 0 radical (unpaired) electrons. The van der Waals surface area contributed by atoms with Crippen molar-refractivity contribution in [2.24, 2.45) is 0 Å². The van der Waals surface area contributed by atoms with Gasteiger partial charge in [-0.05, 0) is 11.1 Å². The standard InChI is InChI=1S/C27H38N2O3/c1-7-23-9-13-25(14-10-23)21-28(3,4)17-19-31-27(30)32-20-18-29(5,6)22-26-15-11-24(8-2)12-16-26/h7-16H,1-2,17-22H2,3-6H3/q+2. The lowest BCUT2D eigenvalue weighted by Gasteiger charge is -2.30. The summed E-state index contributed by atoms with van der Waals surface area (Å²) in [4.78, 5) is 12.0. The van der Waals surface area contributed by atoms with Gasteiger partial charge in [0, 0.05) is 11.1 Å². The molecule has 0 N–H and O–H groups in total. The molecule has 0 saturated carbocycles. The van der Waals surface area contributed by atoms with Crippen molar-refractivity contribution in [3.8, 4) is 0 Å². The van der Waals surface area contributed by atoms with Gasteiger partial charge in [0.05, 0.1) is 28.2 Å². The number of carbonyl (C=O) groups excluding carboxylic acids is 1. The maximum Gasteiger partial charge on any atom is 0.508 e. The van der Waals surface area contributed by atoms with Gasteiger partial charge in [-0.3, -0.25) is 0 Å². The molecule has 0 spiro atoms. The highest BCUT2D eigenvalue weighted by molar-refractivity contribution is 5.59. The van der Waals surface area contributed by atoms with Crippen molar-refractivity contribution in [3.05, 3.63) is 83.9 Å². The summed E-state index contributed by atoms with van der Waals surface area (Å²) in [7, 11) is 8.49. The SMILES string of the molecule is C=Cc1ccc(C[N+](C)(C)CCOC(=O)OCC[N+](C)(C)Cc2ccc(C=C)cc2)cc1. The third kappa shape index (κ3) is 9.08. The molecule has 0 bridgehead atoms. The van der Waals surface area contributed by atoms with Crippen LogP contribution in [0, 0.1) is 0 Å². The quantitative estimate of drug-likeness (QED) is 0.346. The van der Waals surface area contributed by atoms with E-state index in [9.17, 15) is 4.79 Å². The third-order valence-corrected chi connectivity index (χ3v) is 5.49. The molecule has 0 unspecified atom stereocenters. The summed E-state index contributed by atoms with van der Waals surface area (Å²) in [5, 5.41) is 0. The summed E-state index contributed by atoms with van der Waals surface area (Å²) < 4.78 is 12.0. The van der Waals surface area contributed by atoms with Gasteiger partial charge in [-0.1, -0.05) is 73.8 Å². The van der Waals surface area contributed by atoms with E-state index in [0.29, 0.717) is 26.3 Å². The lowest BCUT2D eigenvalue weighted by molar-refractivity contribution is -0.904. The number of nitrogens with zero attached hydrogens (tertiary/aromatic N) is 2. The molecule has 2 rings (SSSR count). The van der Waals surface area contributed by atoms with Gasteiger partial charge in [0.25, 0.3) is 0 Å². The first-order valence-corrected chi connectivity index (χ1v) is 11.0. The summed E-state index contributed by atoms with van der Waals surface area (Å²) in [6.07, 6.45) is 3.07. The van der Waals surface area contributed by atoms with E-state index >= 15 is 0 Å². The fraction of sp³-hybridized carbons (Fsp3) is 0.370. The van der Waals surface area contributed by atoms with E-state index in [2.05, 4.69) is 89.9 Å². The summed E-state index contributed by atoms with van der Waals surface area (Å²) >= 11 is 0. The topological polar surface area (TPSA) is 35.5 Å². The minimum Gasteiger partial charge on any atom is -0.428 e. The minimum atomic E-state index is -0.601. The van der Waals surface area contributed by atoms with Crippen LogP contribution in [0.4, 0.5) is 4.79 Å². The Hall–Kier alpha value is -2.89. The number of rotatable bonds is 12. The highest BCUT2D eigenvalue weighted by Crippen LogP contribution is 2.13. The van der Waals surface area contributed by atoms with Crippen molar-refractivity contribution in [2.75, 3.05) is 54.5 Å². The van der Waals surface area contributed by atoms with Crippen LogP contribution in [0.1, 0.15) is 22.3 Å². The highest BCUT2D eigenvalue weighted by Gasteiger charge is 2.19. The minimum absolute atomic E-state index is 0.324. The van der Waals surface area contributed by atoms with Gasteiger partial charge in [-0.15, -0.1) is 0 Å². The van der Waals surface area contributed by atoms with E-state index in [4.69, 9.17) is 9.47 Å². The van der Waals surface area contributed by atoms with Crippen LogP contribution in [0.5, 0.6) is 0 Å². The highest BCUT2D eigenvalue weighted by atomic mass is 16.7. The number of ether oxygens (including phenoxy) is 2. The first-order valence-electron chi connectivity index (χ1n) is 11.0. The van der Waals surface area contributed by atoms with Gasteiger partial charge in [0.1, 0.15) is 39.4 Å². The maximum atomic E-state index is 12.0. The summed E-state index contributed by atoms with van der Waals surface area (Å²) in [6, 6.07) is 16.7. The Morgan fingerprint density at radius 1 is 0.719 bits per heavy atom. The Kier molecular flexibility index (Phi) is 9.24. The fourth-order valence-electron chi connectivity index (χ4n) is 3.46. The normalized spacial score (nSPS) is 11.6. The first kappa shape index (κ1) is 25.4. The van der Waals surface area contributed by atoms with Crippen LogP contribution >= 0.6 is 0 Å². The number of carbonyl (C=O) groups is 1. The lowest BCUT2D eigenvalue weighted by Crippen LogP contribution is -2.42. The molecule has 172 valence electrons. The van der Waals surface area contributed by atoms with Gasteiger partial charge in [-0.2, -0.15) is 0 Å². The number of likely N-dealkylation sites (N-methyl/N-ethyl adjacent to an activating group) is 2. The fourth-order valence-corrected chi connectivity index (χ4v) is 3.46. The number of quaternary nitrogens is 2. The van der Waals surface area contributed by atoms with E-state index < -0.39 is 6.16 Å². The molecule has 2 aromatic rings. The molecule has 0 aliphatic rings. The zero-order valence-corrected chi connectivity index (χ0v) is 20.0. The Morgan fingerprint density at radius 3 is 1.38 bits per heavy atom. The molecular weight excluding hydrogens is 400 g/mol. The van der Waals surface area contributed by atoms with E-state index in [-0.39, 0.29) is 0 Å². The Labute approximate surface area is 193 Å². The molecular formula is C27H38N2O3+2. The molecule has 0 heterocycles. The largest absolute Gasteiger partial charge is 0.508 e. The number of benzene rings is 2. The Bertz CT molecular complexity index is 811. The molecule has 0 aliphatic carbocycles. The zero-order valence-electron chi connectivity index (χ0n) is 20.0. The molecule has 0 aliphatic heterocycles. The van der Waals surface area contributed by atoms with Gasteiger partial charge in [0.15, 0.2) is 0 Å². The molecule has 0 atom stereocenters. The second kappa shape index (κ2) is 11.7. The molecule has 5 nitrogen and oxygen atoms in total. The van der Waals surface area contributed by atoms with Crippen LogP contribution in [0.15, 0.2) is 61.7 Å². The number of hydrogen-bond acceptors (Lipinski definition) is 3. The Morgan fingerprint density at radius 2 is 1.06 bits per heavy atom. The van der Waals surface area contributed by atoms with E-state index in [1.54, 1.807) is 0 Å². The predicted octanol–water partition coefficient (Wildman–Crippen LogP) is 4.98. The third-order valence-electron chi connectivity index (χ3n) is 5.49. The predicted molar refractivity (Wildman–Crippen MR) is 132 cm³/mol. The Balaban J connectivity index is 1.68. The van der Waals surface area contributed by atoms with Crippen LogP contribution in [0.25, 0.3) is 12.2 Å². The van der Waals surface area contributed by atoms with Crippen molar-refractivity contribution in [2.45, 2.75) is 13.1 Å². The van der Waals surface area contributed by atoms with Crippen molar-refractivity contribution in [1.82, 2.24) is 0 Å². The van der Waals surface area contributed by atoms with E-state index in [1.165, 1.54) is 11.1 Å². The summed E-state index contributed by atoms with van der Waals surface area (Å²) in [5.41, 5.74) is 4.69. The van der Waals surface area contributed by atoms with Gasteiger partial charge >= 0.3 is 6.16 Å². The van der Waals surface area contributed by atoms with Crippen LogP contribution in [-0.2, 0) is 22.6 Å². The van der Waals surface area contributed by atoms with Crippen LogP contribution in [0.2, 0.25) is 0 Å². The molecule has 32 heavy (non-hydrogen) atoms. The molecule has 2 aromatic carbocycles. The van der Waals surface area contributed by atoms with Gasteiger partial charge in [0.2, 0.25) is 0 Å². The maximum absolute atomic E-state index is 12.0. The van der Waals surface area contributed by atoms with E-state index in [1.807, 2.05) is 12.2 Å². The van der Waals surface area contributed by atoms with Crippen molar-refractivity contribution < 1.29 is 23.2 Å². The van der Waals surface area contributed by atoms with Crippen LogP contribution < -0.4 is 0 Å². The molecule has 0 saturated heterocycles. The first-order chi connectivity index (χ1) is 15.1. The average molecular weight is 439 g/mol.